The number of nitrogens with zero attached hydrogens (tertiary/aromatic N) is 5. The van der Waals surface area contributed by atoms with Gasteiger partial charge in [0.2, 0.25) is 0 Å². The Hall–Kier alpha value is -2.63. The predicted molar refractivity (Wildman–Crippen MR) is 94.8 cm³/mol. The third kappa shape index (κ3) is 2.58. The van der Waals surface area contributed by atoms with Gasteiger partial charge < -0.3 is 14.7 Å². The zero-order valence-electron chi connectivity index (χ0n) is 14.0. The minimum Gasteiger partial charge on any atom is -0.365 e. The van der Waals surface area contributed by atoms with Crippen molar-refractivity contribution in [2.75, 3.05) is 41.9 Å². The molecule has 2 heterocycles. The second-order valence-electron chi connectivity index (χ2n) is 6.52. The van der Waals surface area contributed by atoms with Gasteiger partial charge in [0.05, 0.1) is 23.8 Å². The van der Waals surface area contributed by atoms with Gasteiger partial charge in [0.1, 0.15) is 11.5 Å². The van der Waals surface area contributed by atoms with Gasteiger partial charge in [-0.25, -0.2) is 9.97 Å². The number of fused-ring (bicyclic) bond motifs is 1. The summed E-state index contributed by atoms with van der Waals surface area (Å²) in [6.07, 6.45) is 5.70. The summed E-state index contributed by atoms with van der Waals surface area (Å²) in [5.74, 6) is 0.654. The van der Waals surface area contributed by atoms with Gasteiger partial charge in [0, 0.05) is 33.2 Å². The van der Waals surface area contributed by atoms with Crippen molar-refractivity contribution in [2.24, 2.45) is 0 Å². The molecule has 2 aliphatic rings. The fourth-order valence-electron chi connectivity index (χ4n) is 3.16. The van der Waals surface area contributed by atoms with Crippen molar-refractivity contribution in [1.82, 2.24) is 9.97 Å². The van der Waals surface area contributed by atoms with Crippen LogP contribution in [0.5, 0.6) is 0 Å². The highest BCUT2D eigenvalue weighted by Gasteiger charge is 2.35. The third-order valence-electron chi connectivity index (χ3n) is 4.59. The molecule has 6 heteroatoms. The van der Waals surface area contributed by atoms with E-state index in [0.717, 1.165) is 23.7 Å². The van der Waals surface area contributed by atoms with Crippen molar-refractivity contribution in [2.45, 2.75) is 18.9 Å². The van der Waals surface area contributed by atoms with E-state index in [-0.39, 0.29) is 5.91 Å². The van der Waals surface area contributed by atoms with Gasteiger partial charge in [0.15, 0.2) is 0 Å². The molecular formula is C18H21N5O. The van der Waals surface area contributed by atoms with E-state index in [4.69, 9.17) is 0 Å². The molecule has 1 aromatic heterocycles. The number of carbonyl (C=O) groups excluding carboxylic acids is 1. The molecule has 4 rings (SSSR count). The molecule has 1 aromatic carbocycles. The number of carbonyl (C=O) groups is 1. The molecule has 1 fully saturated rings. The summed E-state index contributed by atoms with van der Waals surface area (Å²) >= 11 is 0. The first-order valence-corrected chi connectivity index (χ1v) is 8.32. The summed E-state index contributed by atoms with van der Waals surface area (Å²) in [6, 6.07) is 8.78. The topological polar surface area (TPSA) is 52.6 Å². The van der Waals surface area contributed by atoms with E-state index in [2.05, 4.69) is 20.9 Å². The molecule has 124 valence electrons. The van der Waals surface area contributed by atoms with E-state index in [0.29, 0.717) is 18.3 Å². The minimum atomic E-state index is -0.0873. The maximum atomic E-state index is 12.9. The van der Waals surface area contributed by atoms with Crippen molar-refractivity contribution in [1.29, 1.82) is 0 Å². The first-order chi connectivity index (χ1) is 11.6. The average Bonchev–Trinajstić information content (AvgIpc) is 3.45. The summed E-state index contributed by atoms with van der Waals surface area (Å²) < 4.78 is 0. The van der Waals surface area contributed by atoms with Crippen LogP contribution in [0.1, 0.15) is 23.3 Å². The monoisotopic (exact) mass is 323 g/mol. The molecule has 1 amide bonds. The molecular weight excluding hydrogens is 302 g/mol. The molecule has 0 atom stereocenters. The molecule has 2 aromatic rings. The van der Waals surface area contributed by atoms with Gasteiger partial charge in [-0.2, -0.15) is 0 Å². The first kappa shape index (κ1) is 14.9. The lowest BCUT2D eigenvalue weighted by Gasteiger charge is -2.37. The summed E-state index contributed by atoms with van der Waals surface area (Å²) in [5.41, 5.74) is 2.51. The van der Waals surface area contributed by atoms with Gasteiger partial charge in [-0.1, -0.05) is 12.1 Å². The van der Waals surface area contributed by atoms with E-state index in [9.17, 15) is 4.79 Å². The number of aromatic nitrogens is 2. The number of anilines is 3. The minimum absolute atomic E-state index is 0.0873. The second kappa shape index (κ2) is 5.78. The second-order valence-corrected chi connectivity index (χ2v) is 6.52. The van der Waals surface area contributed by atoms with Gasteiger partial charge in [-0.3, -0.25) is 4.79 Å². The molecule has 1 saturated carbocycles. The zero-order valence-corrected chi connectivity index (χ0v) is 14.0. The molecule has 0 N–H and O–H groups in total. The molecule has 0 unspecified atom stereocenters. The van der Waals surface area contributed by atoms with Crippen molar-refractivity contribution in [3.63, 3.8) is 0 Å². The van der Waals surface area contributed by atoms with E-state index >= 15 is 0 Å². The Morgan fingerprint density at radius 1 is 1.08 bits per heavy atom. The fourth-order valence-corrected chi connectivity index (χ4v) is 3.16. The Morgan fingerprint density at radius 3 is 2.46 bits per heavy atom. The van der Waals surface area contributed by atoms with Gasteiger partial charge in [-0.05, 0) is 25.0 Å². The quantitative estimate of drug-likeness (QED) is 0.866. The van der Waals surface area contributed by atoms with Crippen LogP contribution in [0.15, 0.2) is 36.7 Å². The highest BCUT2D eigenvalue weighted by atomic mass is 16.2. The highest BCUT2D eigenvalue weighted by molar-refractivity contribution is 6.07. The van der Waals surface area contributed by atoms with Crippen LogP contribution in [0.25, 0.3) is 0 Å². The summed E-state index contributed by atoms with van der Waals surface area (Å²) in [7, 11) is 3.80. The van der Waals surface area contributed by atoms with Crippen LogP contribution in [0.4, 0.5) is 17.2 Å². The van der Waals surface area contributed by atoms with Crippen molar-refractivity contribution >= 4 is 23.1 Å². The van der Waals surface area contributed by atoms with Crippen LogP contribution in [-0.2, 0) is 0 Å². The normalized spacial score (nSPS) is 16.8. The molecule has 24 heavy (non-hydrogen) atoms. The van der Waals surface area contributed by atoms with Crippen LogP contribution in [0.2, 0.25) is 0 Å². The fraction of sp³-hybridized carbons (Fsp3) is 0.389. The number of hydrogen-bond acceptors (Lipinski definition) is 5. The van der Waals surface area contributed by atoms with E-state index < -0.39 is 0 Å². The smallest absolute Gasteiger partial charge is 0.278 e. The first-order valence-electron chi connectivity index (χ1n) is 8.32. The summed E-state index contributed by atoms with van der Waals surface area (Å²) in [4.78, 5) is 27.7. The molecule has 1 aliphatic carbocycles. The number of amides is 1. The lowest BCUT2D eigenvalue weighted by Crippen LogP contribution is -2.45. The largest absolute Gasteiger partial charge is 0.365 e. The van der Waals surface area contributed by atoms with Gasteiger partial charge in [-0.15, -0.1) is 0 Å². The Bertz CT molecular complexity index is 754. The van der Waals surface area contributed by atoms with Crippen LogP contribution in [0.3, 0.4) is 0 Å². The predicted octanol–water partition coefficient (Wildman–Crippen LogP) is 2.17. The Morgan fingerprint density at radius 2 is 1.83 bits per heavy atom. The van der Waals surface area contributed by atoms with E-state index in [1.165, 1.54) is 12.8 Å². The highest BCUT2D eigenvalue weighted by Crippen LogP contribution is 2.40. The van der Waals surface area contributed by atoms with E-state index in [1.54, 1.807) is 12.4 Å². The maximum absolute atomic E-state index is 12.9. The molecule has 0 saturated heterocycles. The van der Waals surface area contributed by atoms with Gasteiger partial charge >= 0.3 is 0 Å². The van der Waals surface area contributed by atoms with Crippen LogP contribution < -0.4 is 14.7 Å². The van der Waals surface area contributed by atoms with Crippen LogP contribution >= 0.6 is 0 Å². The molecule has 0 spiro atoms. The van der Waals surface area contributed by atoms with Crippen molar-refractivity contribution in [3.05, 3.63) is 42.4 Å². The number of para-hydroxylation sites is 2. The van der Waals surface area contributed by atoms with Crippen molar-refractivity contribution in [3.8, 4) is 0 Å². The molecule has 6 nitrogen and oxygen atoms in total. The Labute approximate surface area is 141 Å². The SMILES string of the molecule is CN(C)c1cnc(C(=O)N2CCN(C3CC3)c3ccccc32)cn1. The third-order valence-corrected chi connectivity index (χ3v) is 4.59. The summed E-state index contributed by atoms with van der Waals surface area (Å²) in [6.45, 7) is 1.56. The molecule has 1 aliphatic heterocycles. The van der Waals surface area contributed by atoms with Crippen LogP contribution in [0, 0.1) is 0 Å². The van der Waals surface area contributed by atoms with Crippen LogP contribution in [-0.4, -0.2) is 49.1 Å². The zero-order chi connectivity index (χ0) is 16.7. The Balaban J connectivity index is 1.63. The number of benzene rings is 1. The molecule has 0 bridgehead atoms. The molecule has 0 radical (unpaired) electrons. The van der Waals surface area contributed by atoms with E-state index in [1.807, 2.05) is 42.1 Å². The standard InChI is InChI=1S/C18H21N5O/c1-21(2)17-12-19-14(11-20-17)18(24)23-10-9-22(13-7-8-13)15-5-3-4-6-16(15)23/h3-6,11-13H,7-10H2,1-2H3. The number of hydrogen-bond donors (Lipinski definition) is 0. The lowest BCUT2D eigenvalue weighted by atomic mass is 10.1. The maximum Gasteiger partial charge on any atom is 0.278 e. The van der Waals surface area contributed by atoms with Crippen molar-refractivity contribution < 1.29 is 4.79 Å². The number of rotatable bonds is 3. The van der Waals surface area contributed by atoms with Gasteiger partial charge in [0.25, 0.3) is 5.91 Å². The average molecular weight is 323 g/mol. The summed E-state index contributed by atoms with van der Waals surface area (Å²) in [5, 5.41) is 0. The Kier molecular flexibility index (Phi) is 3.59. The lowest BCUT2D eigenvalue weighted by molar-refractivity contribution is 0.0981.